The van der Waals surface area contributed by atoms with Gasteiger partial charge in [-0.1, -0.05) is 29.5 Å². The molecule has 0 aliphatic carbocycles. The molecule has 0 aliphatic rings. The van der Waals surface area contributed by atoms with Crippen molar-refractivity contribution in [1.29, 1.82) is 0 Å². The first kappa shape index (κ1) is 12.4. The lowest BCUT2D eigenvalue weighted by Crippen LogP contribution is -2.11. The third kappa shape index (κ3) is 2.86. The van der Waals surface area contributed by atoms with Crippen LogP contribution in [0.15, 0.2) is 43.0 Å². The molecule has 7 nitrogen and oxygen atoms in total. The Labute approximate surface area is 118 Å². The van der Waals surface area contributed by atoms with Crippen molar-refractivity contribution in [3.05, 3.63) is 53.6 Å². The lowest BCUT2D eigenvalue weighted by atomic mass is 10.2. The molecule has 0 bridgehead atoms. The van der Waals surface area contributed by atoms with Crippen molar-refractivity contribution in [2.45, 2.75) is 6.54 Å². The van der Waals surface area contributed by atoms with Gasteiger partial charge >= 0.3 is 0 Å². The van der Waals surface area contributed by atoms with Gasteiger partial charge in [-0.2, -0.15) is 5.10 Å². The maximum Gasteiger partial charge on any atom is 0.257 e. The van der Waals surface area contributed by atoms with E-state index in [0.29, 0.717) is 17.2 Å². The molecule has 1 aromatic carbocycles. The van der Waals surface area contributed by atoms with Crippen LogP contribution in [0.4, 0.5) is 5.13 Å². The van der Waals surface area contributed by atoms with Crippen LogP contribution < -0.4 is 5.32 Å². The zero-order chi connectivity index (χ0) is 13.8. The van der Waals surface area contributed by atoms with Gasteiger partial charge in [0.05, 0.1) is 6.54 Å². The molecule has 8 heteroatoms. The maximum absolute atomic E-state index is 11.9. The largest absolute Gasteiger partial charge is 0.296 e. The van der Waals surface area contributed by atoms with E-state index in [9.17, 15) is 4.79 Å². The molecule has 0 aliphatic heterocycles. The molecule has 0 atom stereocenters. The Morgan fingerprint density at radius 2 is 2.10 bits per heavy atom. The van der Waals surface area contributed by atoms with Crippen molar-refractivity contribution in [1.82, 2.24) is 25.0 Å². The standard InChI is InChI=1S/C12H10N6OS/c19-11(9-4-2-1-3-5-9)15-12-17-16-10(20-12)6-18-8-13-7-14-18/h1-5,7-8H,6H2,(H,15,17,19). The number of rotatable bonds is 4. The lowest BCUT2D eigenvalue weighted by molar-refractivity contribution is 0.102. The lowest BCUT2D eigenvalue weighted by Gasteiger charge is -1.99. The molecular formula is C12H10N6OS. The number of aromatic nitrogens is 5. The quantitative estimate of drug-likeness (QED) is 0.784. The number of nitrogens with one attached hydrogen (secondary N) is 1. The summed E-state index contributed by atoms with van der Waals surface area (Å²) in [6, 6.07) is 8.97. The van der Waals surface area contributed by atoms with Crippen LogP contribution in [-0.4, -0.2) is 30.9 Å². The monoisotopic (exact) mass is 286 g/mol. The summed E-state index contributed by atoms with van der Waals surface area (Å²) in [6.45, 7) is 0.485. The van der Waals surface area contributed by atoms with Crippen LogP contribution in [0.1, 0.15) is 15.4 Å². The van der Waals surface area contributed by atoms with Crippen LogP contribution in [0.2, 0.25) is 0 Å². The van der Waals surface area contributed by atoms with Crippen molar-refractivity contribution in [2.24, 2.45) is 0 Å². The highest BCUT2D eigenvalue weighted by Crippen LogP contribution is 2.16. The van der Waals surface area contributed by atoms with Gasteiger partial charge in [0, 0.05) is 5.56 Å². The van der Waals surface area contributed by atoms with Crippen LogP contribution in [0.25, 0.3) is 0 Å². The normalized spacial score (nSPS) is 10.4. The first-order chi connectivity index (χ1) is 9.81. The van der Waals surface area contributed by atoms with E-state index in [1.165, 1.54) is 17.7 Å². The van der Waals surface area contributed by atoms with Crippen LogP contribution in [0, 0.1) is 0 Å². The van der Waals surface area contributed by atoms with Gasteiger partial charge in [-0.15, -0.1) is 10.2 Å². The number of anilines is 1. The molecule has 0 fully saturated rings. The Bertz CT molecular complexity index is 694. The first-order valence-electron chi connectivity index (χ1n) is 5.82. The summed E-state index contributed by atoms with van der Waals surface area (Å²) in [7, 11) is 0. The topological polar surface area (TPSA) is 85.6 Å². The van der Waals surface area contributed by atoms with Crippen LogP contribution in [-0.2, 0) is 6.54 Å². The molecule has 20 heavy (non-hydrogen) atoms. The SMILES string of the molecule is O=C(Nc1nnc(Cn2cncn2)s1)c1ccccc1. The zero-order valence-electron chi connectivity index (χ0n) is 10.3. The second-order valence-electron chi connectivity index (χ2n) is 3.91. The average molecular weight is 286 g/mol. The third-order valence-electron chi connectivity index (χ3n) is 2.49. The molecule has 1 N–H and O–H groups in total. The minimum atomic E-state index is -0.200. The van der Waals surface area contributed by atoms with E-state index in [-0.39, 0.29) is 5.91 Å². The highest BCUT2D eigenvalue weighted by atomic mass is 32.1. The summed E-state index contributed by atoms with van der Waals surface area (Å²) in [6.07, 6.45) is 3.06. The molecule has 2 heterocycles. The Morgan fingerprint density at radius 1 is 1.25 bits per heavy atom. The van der Waals surface area contributed by atoms with E-state index < -0.39 is 0 Å². The van der Waals surface area contributed by atoms with Gasteiger partial charge < -0.3 is 0 Å². The Kier molecular flexibility index (Phi) is 3.46. The molecule has 0 spiro atoms. The van der Waals surface area contributed by atoms with Gasteiger partial charge in [-0.3, -0.25) is 10.1 Å². The fraction of sp³-hybridized carbons (Fsp3) is 0.0833. The number of benzene rings is 1. The van der Waals surface area contributed by atoms with E-state index >= 15 is 0 Å². The Hall–Kier alpha value is -2.61. The van der Waals surface area contributed by atoms with Crippen molar-refractivity contribution in [2.75, 3.05) is 5.32 Å². The highest BCUT2D eigenvalue weighted by Gasteiger charge is 2.10. The molecule has 2 aromatic heterocycles. The summed E-state index contributed by atoms with van der Waals surface area (Å²) in [5, 5.41) is 15.9. The number of hydrogen-bond donors (Lipinski definition) is 1. The van der Waals surface area contributed by atoms with Crippen molar-refractivity contribution >= 4 is 22.4 Å². The predicted octanol–water partition coefficient (Wildman–Crippen LogP) is 1.43. The number of nitrogens with zero attached hydrogens (tertiary/aromatic N) is 5. The highest BCUT2D eigenvalue weighted by molar-refractivity contribution is 7.15. The fourth-order valence-corrected chi connectivity index (χ4v) is 2.31. The maximum atomic E-state index is 11.9. The molecular weight excluding hydrogens is 276 g/mol. The minimum absolute atomic E-state index is 0.200. The van der Waals surface area contributed by atoms with Gasteiger partial charge in [0.1, 0.15) is 17.7 Å². The van der Waals surface area contributed by atoms with Crippen molar-refractivity contribution in [3.63, 3.8) is 0 Å². The van der Waals surface area contributed by atoms with E-state index in [1.54, 1.807) is 23.1 Å². The van der Waals surface area contributed by atoms with Gasteiger partial charge in [0.15, 0.2) is 0 Å². The minimum Gasteiger partial charge on any atom is -0.296 e. The van der Waals surface area contributed by atoms with Gasteiger partial charge in [-0.05, 0) is 12.1 Å². The van der Waals surface area contributed by atoms with Crippen LogP contribution >= 0.6 is 11.3 Å². The van der Waals surface area contributed by atoms with Crippen molar-refractivity contribution in [3.8, 4) is 0 Å². The van der Waals surface area contributed by atoms with Crippen LogP contribution in [0.5, 0.6) is 0 Å². The number of amides is 1. The van der Waals surface area contributed by atoms with E-state index in [4.69, 9.17) is 0 Å². The molecule has 100 valence electrons. The molecule has 0 saturated carbocycles. The number of hydrogen-bond acceptors (Lipinski definition) is 6. The summed E-state index contributed by atoms with van der Waals surface area (Å²) in [5.74, 6) is -0.200. The second-order valence-corrected chi connectivity index (χ2v) is 4.98. The Balaban J connectivity index is 1.67. The number of carbonyl (C=O) groups excluding carboxylic acids is 1. The average Bonchev–Trinajstić information content (AvgIpc) is 3.12. The second kappa shape index (κ2) is 5.57. The van der Waals surface area contributed by atoms with E-state index in [1.807, 2.05) is 18.2 Å². The fourth-order valence-electron chi connectivity index (χ4n) is 1.58. The summed E-state index contributed by atoms with van der Waals surface area (Å²) < 4.78 is 1.64. The number of carbonyl (C=O) groups is 1. The summed E-state index contributed by atoms with van der Waals surface area (Å²) in [5.41, 5.74) is 0.584. The molecule has 0 radical (unpaired) electrons. The smallest absolute Gasteiger partial charge is 0.257 e. The molecule has 0 saturated heterocycles. The molecule has 1 amide bonds. The molecule has 3 aromatic rings. The van der Waals surface area contributed by atoms with E-state index in [2.05, 4.69) is 25.6 Å². The third-order valence-corrected chi connectivity index (χ3v) is 3.31. The van der Waals surface area contributed by atoms with Crippen LogP contribution in [0.3, 0.4) is 0 Å². The summed E-state index contributed by atoms with van der Waals surface area (Å²) >= 11 is 1.31. The predicted molar refractivity (Wildman–Crippen MR) is 73.4 cm³/mol. The van der Waals surface area contributed by atoms with Gasteiger partial charge in [-0.25, -0.2) is 9.67 Å². The van der Waals surface area contributed by atoms with Gasteiger partial charge in [0.2, 0.25) is 5.13 Å². The summed E-state index contributed by atoms with van der Waals surface area (Å²) in [4.78, 5) is 15.8. The first-order valence-corrected chi connectivity index (χ1v) is 6.64. The van der Waals surface area contributed by atoms with Crippen molar-refractivity contribution < 1.29 is 4.79 Å². The van der Waals surface area contributed by atoms with Gasteiger partial charge in [0.25, 0.3) is 5.91 Å². The molecule has 3 rings (SSSR count). The zero-order valence-corrected chi connectivity index (χ0v) is 11.1. The van der Waals surface area contributed by atoms with E-state index in [0.717, 1.165) is 5.01 Å². The Morgan fingerprint density at radius 3 is 2.85 bits per heavy atom. The molecule has 0 unspecified atom stereocenters.